The third-order valence-electron chi connectivity index (χ3n) is 3.97. The van der Waals surface area contributed by atoms with Crippen molar-refractivity contribution in [1.29, 1.82) is 5.26 Å². The zero-order chi connectivity index (χ0) is 18.0. The summed E-state index contributed by atoms with van der Waals surface area (Å²) >= 11 is 0. The van der Waals surface area contributed by atoms with Gasteiger partial charge in [0.25, 0.3) is 0 Å². The summed E-state index contributed by atoms with van der Waals surface area (Å²) in [4.78, 5) is 34.4. The quantitative estimate of drug-likeness (QED) is 0.863. The van der Waals surface area contributed by atoms with E-state index in [1.807, 2.05) is 6.07 Å². The summed E-state index contributed by atoms with van der Waals surface area (Å²) < 4.78 is 0. The van der Waals surface area contributed by atoms with Crippen LogP contribution in [0.25, 0.3) is 0 Å². The molecular formula is C18H17N5O2. The van der Waals surface area contributed by atoms with Crippen LogP contribution in [0.15, 0.2) is 30.3 Å². The van der Waals surface area contributed by atoms with Crippen LogP contribution in [0.5, 0.6) is 0 Å². The Labute approximate surface area is 145 Å². The van der Waals surface area contributed by atoms with Crippen molar-refractivity contribution in [2.75, 3.05) is 18.0 Å². The molecular weight excluding hydrogens is 318 g/mol. The number of amides is 2. The summed E-state index contributed by atoms with van der Waals surface area (Å²) in [6.07, 6.45) is 0. The minimum atomic E-state index is -1.06. The Morgan fingerprint density at radius 2 is 1.88 bits per heavy atom. The minimum Gasteiger partial charge on any atom is -0.336 e. The number of hydrogen-bond donors (Lipinski definition) is 1. The number of ketones is 1. The molecule has 1 unspecified atom stereocenters. The van der Waals surface area contributed by atoms with Crippen molar-refractivity contribution in [3.8, 4) is 6.07 Å². The van der Waals surface area contributed by atoms with Crippen LogP contribution >= 0.6 is 0 Å². The standard InChI is InChI=1S/C18H17N5O2/c1-11-9-12(2)22-17(21-11)15(10-19)16(24)13-3-5-14(6-4-13)23-8-7-20-18(23)25/h3-6,9,15H,7-8H2,1-2H3,(H,20,25). The van der Waals surface area contributed by atoms with Crippen LogP contribution in [0.4, 0.5) is 10.5 Å². The monoisotopic (exact) mass is 335 g/mol. The average Bonchev–Trinajstić information content (AvgIpc) is 3.01. The molecule has 0 spiro atoms. The van der Waals surface area contributed by atoms with E-state index in [1.165, 1.54) is 0 Å². The number of urea groups is 1. The first-order valence-electron chi connectivity index (χ1n) is 7.91. The van der Waals surface area contributed by atoms with Gasteiger partial charge in [0.15, 0.2) is 17.5 Å². The summed E-state index contributed by atoms with van der Waals surface area (Å²) in [5.74, 6) is -1.20. The van der Waals surface area contributed by atoms with Crippen molar-refractivity contribution in [3.63, 3.8) is 0 Å². The van der Waals surface area contributed by atoms with Gasteiger partial charge in [-0.25, -0.2) is 14.8 Å². The van der Waals surface area contributed by atoms with Crippen LogP contribution in [0.3, 0.4) is 0 Å². The number of nitriles is 1. The Kier molecular flexibility index (Phi) is 4.44. The Bertz CT molecular complexity index is 850. The Balaban J connectivity index is 1.86. The summed E-state index contributed by atoms with van der Waals surface area (Å²) in [6.45, 7) is 4.78. The van der Waals surface area contributed by atoms with Crippen LogP contribution in [-0.4, -0.2) is 34.9 Å². The molecule has 2 heterocycles. The van der Waals surface area contributed by atoms with Gasteiger partial charge in [-0.2, -0.15) is 5.26 Å². The predicted octanol–water partition coefficient (Wildman–Crippen LogP) is 2.11. The van der Waals surface area contributed by atoms with E-state index in [2.05, 4.69) is 15.3 Å². The lowest BCUT2D eigenvalue weighted by Crippen LogP contribution is -2.27. The predicted molar refractivity (Wildman–Crippen MR) is 91.4 cm³/mol. The third kappa shape index (κ3) is 3.33. The number of nitrogens with one attached hydrogen (secondary N) is 1. The molecule has 126 valence electrons. The fourth-order valence-corrected chi connectivity index (χ4v) is 2.81. The highest BCUT2D eigenvalue weighted by Crippen LogP contribution is 2.22. The molecule has 1 aromatic carbocycles. The van der Waals surface area contributed by atoms with Crippen molar-refractivity contribution >= 4 is 17.5 Å². The fraction of sp³-hybridized carbons (Fsp3) is 0.278. The molecule has 1 aliphatic rings. The number of anilines is 1. The molecule has 2 aromatic rings. The Hall–Kier alpha value is -3.27. The molecule has 1 atom stereocenters. The summed E-state index contributed by atoms with van der Waals surface area (Å²) in [5, 5.41) is 12.2. The highest BCUT2D eigenvalue weighted by atomic mass is 16.2. The molecule has 1 saturated heterocycles. The maximum atomic E-state index is 12.7. The van der Waals surface area contributed by atoms with E-state index >= 15 is 0 Å². The van der Waals surface area contributed by atoms with Crippen LogP contribution in [0.2, 0.25) is 0 Å². The number of rotatable bonds is 4. The first kappa shape index (κ1) is 16.6. The maximum absolute atomic E-state index is 12.7. The van der Waals surface area contributed by atoms with E-state index in [0.29, 0.717) is 35.7 Å². The molecule has 3 rings (SSSR count). The summed E-state index contributed by atoms with van der Waals surface area (Å²) in [6, 6.07) is 10.3. The van der Waals surface area contributed by atoms with Crippen molar-refractivity contribution in [2.45, 2.75) is 19.8 Å². The van der Waals surface area contributed by atoms with Gasteiger partial charge in [-0.3, -0.25) is 9.69 Å². The number of carbonyl (C=O) groups is 2. The Morgan fingerprint density at radius 1 is 1.24 bits per heavy atom. The zero-order valence-electron chi connectivity index (χ0n) is 14.0. The van der Waals surface area contributed by atoms with Gasteiger partial charge in [-0.05, 0) is 44.2 Å². The first-order chi connectivity index (χ1) is 12.0. The number of hydrogen-bond acceptors (Lipinski definition) is 5. The second-order valence-electron chi connectivity index (χ2n) is 5.87. The second-order valence-corrected chi connectivity index (χ2v) is 5.87. The fourth-order valence-electron chi connectivity index (χ4n) is 2.81. The van der Waals surface area contributed by atoms with E-state index in [0.717, 1.165) is 0 Å². The third-order valence-corrected chi connectivity index (χ3v) is 3.97. The van der Waals surface area contributed by atoms with Crippen LogP contribution < -0.4 is 10.2 Å². The average molecular weight is 335 g/mol. The lowest BCUT2D eigenvalue weighted by atomic mass is 9.97. The van der Waals surface area contributed by atoms with Crippen LogP contribution in [0.1, 0.15) is 33.5 Å². The molecule has 2 amide bonds. The van der Waals surface area contributed by atoms with Crippen molar-refractivity contribution < 1.29 is 9.59 Å². The molecule has 25 heavy (non-hydrogen) atoms. The van der Waals surface area contributed by atoms with Gasteiger partial charge in [0.2, 0.25) is 0 Å². The molecule has 7 nitrogen and oxygen atoms in total. The lowest BCUT2D eigenvalue weighted by Gasteiger charge is -2.15. The minimum absolute atomic E-state index is 0.155. The molecule has 0 bridgehead atoms. The van der Waals surface area contributed by atoms with Gasteiger partial charge >= 0.3 is 6.03 Å². The van der Waals surface area contributed by atoms with Crippen molar-refractivity contribution in [2.24, 2.45) is 0 Å². The Morgan fingerprint density at radius 3 is 2.40 bits per heavy atom. The maximum Gasteiger partial charge on any atom is 0.321 e. The van der Waals surface area contributed by atoms with Gasteiger partial charge in [0.1, 0.15) is 0 Å². The van der Waals surface area contributed by atoms with E-state index in [1.54, 1.807) is 49.1 Å². The number of aromatic nitrogens is 2. The number of aryl methyl sites for hydroxylation is 2. The second kappa shape index (κ2) is 6.69. The largest absolute Gasteiger partial charge is 0.336 e. The topological polar surface area (TPSA) is 99.0 Å². The van der Waals surface area contributed by atoms with Crippen LogP contribution in [0, 0.1) is 25.2 Å². The summed E-state index contributed by atoms with van der Waals surface area (Å²) in [5.41, 5.74) is 2.53. The van der Waals surface area contributed by atoms with Gasteiger partial charge in [0.05, 0.1) is 6.07 Å². The van der Waals surface area contributed by atoms with Gasteiger partial charge in [-0.1, -0.05) is 0 Å². The van der Waals surface area contributed by atoms with Crippen molar-refractivity contribution in [1.82, 2.24) is 15.3 Å². The normalized spacial score (nSPS) is 14.8. The van der Waals surface area contributed by atoms with E-state index in [9.17, 15) is 14.9 Å². The molecule has 7 heteroatoms. The number of benzene rings is 1. The van der Waals surface area contributed by atoms with Gasteiger partial charge in [-0.15, -0.1) is 0 Å². The SMILES string of the molecule is Cc1cc(C)nc(C(C#N)C(=O)c2ccc(N3CCNC3=O)cc2)n1. The van der Waals surface area contributed by atoms with E-state index < -0.39 is 5.92 Å². The molecule has 1 aromatic heterocycles. The van der Waals surface area contributed by atoms with Crippen LogP contribution in [-0.2, 0) is 0 Å². The van der Waals surface area contributed by atoms with Gasteiger partial charge < -0.3 is 5.32 Å². The molecule has 0 radical (unpaired) electrons. The van der Waals surface area contributed by atoms with E-state index in [-0.39, 0.29) is 17.6 Å². The number of nitrogens with zero attached hydrogens (tertiary/aromatic N) is 4. The summed E-state index contributed by atoms with van der Waals surface area (Å²) in [7, 11) is 0. The van der Waals surface area contributed by atoms with Crippen molar-refractivity contribution in [3.05, 3.63) is 53.1 Å². The lowest BCUT2D eigenvalue weighted by molar-refractivity contribution is 0.0976. The molecule has 1 N–H and O–H groups in total. The van der Waals surface area contributed by atoms with Gasteiger partial charge in [0, 0.05) is 35.7 Å². The smallest absolute Gasteiger partial charge is 0.321 e. The molecule has 0 aliphatic carbocycles. The number of carbonyl (C=O) groups excluding carboxylic acids is 2. The first-order valence-corrected chi connectivity index (χ1v) is 7.91. The highest BCUT2D eigenvalue weighted by molar-refractivity contribution is 6.03. The van der Waals surface area contributed by atoms with E-state index in [4.69, 9.17) is 0 Å². The molecule has 0 saturated carbocycles. The number of Topliss-reactive ketones (excluding diaryl/α,β-unsaturated/α-hetero) is 1. The molecule has 1 fully saturated rings. The zero-order valence-corrected chi connectivity index (χ0v) is 14.0. The highest BCUT2D eigenvalue weighted by Gasteiger charge is 2.26. The molecule has 1 aliphatic heterocycles.